The summed E-state index contributed by atoms with van der Waals surface area (Å²) in [4.78, 5) is 0. The molecular weight excluding hydrogens is 172 g/mol. The van der Waals surface area contributed by atoms with Gasteiger partial charge in [-0.2, -0.15) is 0 Å². The molecule has 1 aromatic carbocycles. The molecule has 0 heterocycles. The van der Waals surface area contributed by atoms with Crippen molar-refractivity contribution in [1.29, 1.82) is 0 Å². The molecule has 14 heavy (non-hydrogen) atoms. The number of hydrazine groups is 1. The van der Waals surface area contributed by atoms with Crippen molar-refractivity contribution in [3.63, 3.8) is 0 Å². The monoisotopic (exact) mass is 190 g/mol. The summed E-state index contributed by atoms with van der Waals surface area (Å²) in [5.41, 5.74) is 5.67. The molecular formula is C12H18N2. The predicted molar refractivity (Wildman–Crippen MR) is 58.6 cm³/mol. The molecule has 0 saturated heterocycles. The zero-order chi connectivity index (χ0) is 9.97. The van der Waals surface area contributed by atoms with Gasteiger partial charge >= 0.3 is 0 Å². The summed E-state index contributed by atoms with van der Waals surface area (Å²) in [7, 11) is 0. The van der Waals surface area contributed by atoms with E-state index < -0.39 is 0 Å². The normalized spacial score (nSPS) is 18.1. The SMILES string of the molecule is CCc1cccc(C(NN)C2CC2)c1. The standard InChI is InChI=1S/C12H18N2/c1-2-9-4-3-5-11(8-9)12(14-13)10-6-7-10/h3-5,8,10,12,14H,2,6-7,13H2,1H3. The van der Waals surface area contributed by atoms with Gasteiger partial charge in [-0.3, -0.25) is 11.3 Å². The van der Waals surface area contributed by atoms with Crippen LogP contribution in [0.5, 0.6) is 0 Å². The van der Waals surface area contributed by atoms with Crippen molar-refractivity contribution in [3.05, 3.63) is 35.4 Å². The second-order valence-electron chi connectivity index (χ2n) is 4.08. The van der Waals surface area contributed by atoms with Crippen LogP contribution in [0.1, 0.15) is 36.9 Å². The fourth-order valence-electron chi connectivity index (χ4n) is 1.94. The highest BCUT2D eigenvalue weighted by molar-refractivity contribution is 5.27. The molecule has 0 aliphatic heterocycles. The first-order valence-corrected chi connectivity index (χ1v) is 5.40. The number of aryl methyl sites for hydroxylation is 1. The fourth-order valence-corrected chi connectivity index (χ4v) is 1.94. The van der Waals surface area contributed by atoms with Crippen molar-refractivity contribution < 1.29 is 0 Å². The number of rotatable bonds is 4. The summed E-state index contributed by atoms with van der Waals surface area (Å²) in [5, 5.41) is 0. The second-order valence-corrected chi connectivity index (χ2v) is 4.08. The summed E-state index contributed by atoms with van der Waals surface area (Å²) in [5.74, 6) is 6.34. The first-order valence-electron chi connectivity index (χ1n) is 5.40. The number of nitrogens with two attached hydrogens (primary N) is 1. The lowest BCUT2D eigenvalue weighted by Gasteiger charge is -2.16. The molecule has 2 rings (SSSR count). The molecule has 0 amide bonds. The highest BCUT2D eigenvalue weighted by atomic mass is 15.2. The summed E-state index contributed by atoms with van der Waals surface area (Å²) in [6, 6.07) is 9.09. The van der Waals surface area contributed by atoms with Crippen molar-refractivity contribution in [2.75, 3.05) is 0 Å². The third-order valence-corrected chi connectivity index (χ3v) is 2.99. The average molecular weight is 190 g/mol. The molecule has 3 N–H and O–H groups in total. The Kier molecular flexibility index (Phi) is 2.85. The van der Waals surface area contributed by atoms with Gasteiger partial charge in [0.2, 0.25) is 0 Å². The van der Waals surface area contributed by atoms with Gasteiger partial charge in [0.1, 0.15) is 0 Å². The number of hydrogen-bond donors (Lipinski definition) is 2. The van der Waals surface area contributed by atoms with Crippen LogP contribution in [0.3, 0.4) is 0 Å². The van der Waals surface area contributed by atoms with E-state index in [2.05, 4.69) is 36.6 Å². The first-order chi connectivity index (χ1) is 6.85. The molecule has 1 saturated carbocycles. The minimum atomic E-state index is 0.362. The maximum absolute atomic E-state index is 5.59. The topological polar surface area (TPSA) is 38.0 Å². The summed E-state index contributed by atoms with van der Waals surface area (Å²) >= 11 is 0. The Morgan fingerprint density at radius 2 is 2.29 bits per heavy atom. The lowest BCUT2D eigenvalue weighted by atomic mass is 10.00. The van der Waals surface area contributed by atoms with Gasteiger partial charge in [-0.25, -0.2) is 0 Å². The minimum absolute atomic E-state index is 0.362. The molecule has 1 fully saturated rings. The Bertz CT molecular complexity index is 305. The lowest BCUT2D eigenvalue weighted by Crippen LogP contribution is -2.29. The predicted octanol–water partition coefficient (Wildman–Crippen LogP) is 2.16. The van der Waals surface area contributed by atoms with Crippen LogP contribution in [0, 0.1) is 5.92 Å². The zero-order valence-electron chi connectivity index (χ0n) is 8.66. The van der Waals surface area contributed by atoms with Gasteiger partial charge in [0.05, 0.1) is 0 Å². The number of hydrogen-bond acceptors (Lipinski definition) is 2. The summed E-state index contributed by atoms with van der Waals surface area (Å²) in [6.45, 7) is 2.18. The van der Waals surface area contributed by atoms with Crippen LogP contribution in [-0.2, 0) is 6.42 Å². The molecule has 0 spiro atoms. The Balaban J connectivity index is 2.20. The molecule has 0 aromatic heterocycles. The van der Waals surface area contributed by atoms with E-state index in [9.17, 15) is 0 Å². The fraction of sp³-hybridized carbons (Fsp3) is 0.500. The third kappa shape index (κ3) is 1.97. The molecule has 0 bridgehead atoms. The molecule has 1 aliphatic carbocycles. The maximum Gasteiger partial charge on any atom is 0.0488 e. The molecule has 0 radical (unpaired) electrons. The highest BCUT2D eigenvalue weighted by Gasteiger charge is 2.31. The molecule has 2 heteroatoms. The Morgan fingerprint density at radius 3 is 2.86 bits per heavy atom. The second kappa shape index (κ2) is 4.11. The first kappa shape index (κ1) is 9.69. The average Bonchev–Trinajstić information content (AvgIpc) is 3.04. The van der Waals surface area contributed by atoms with Crippen LogP contribution in [-0.4, -0.2) is 0 Å². The van der Waals surface area contributed by atoms with E-state index in [0.29, 0.717) is 6.04 Å². The van der Waals surface area contributed by atoms with Crippen LogP contribution >= 0.6 is 0 Å². The Hall–Kier alpha value is -0.860. The molecule has 76 valence electrons. The van der Waals surface area contributed by atoms with Crippen LogP contribution in [0.2, 0.25) is 0 Å². The largest absolute Gasteiger partial charge is 0.271 e. The van der Waals surface area contributed by atoms with Crippen molar-refractivity contribution in [3.8, 4) is 0 Å². The molecule has 1 aliphatic rings. The molecule has 1 unspecified atom stereocenters. The van der Waals surface area contributed by atoms with Crippen LogP contribution in [0.25, 0.3) is 0 Å². The molecule has 2 nitrogen and oxygen atoms in total. The lowest BCUT2D eigenvalue weighted by molar-refractivity contribution is 0.496. The van der Waals surface area contributed by atoms with E-state index in [4.69, 9.17) is 5.84 Å². The quantitative estimate of drug-likeness (QED) is 0.564. The Morgan fingerprint density at radius 1 is 1.50 bits per heavy atom. The van der Waals surface area contributed by atoms with Gasteiger partial charge in [0.25, 0.3) is 0 Å². The van der Waals surface area contributed by atoms with Crippen molar-refractivity contribution in [1.82, 2.24) is 5.43 Å². The van der Waals surface area contributed by atoms with E-state index in [1.807, 2.05) is 0 Å². The van der Waals surface area contributed by atoms with Crippen LogP contribution in [0.15, 0.2) is 24.3 Å². The van der Waals surface area contributed by atoms with E-state index >= 15 is 0 Å². The van der Waals surface area contributed by atoms with E-state index in [1.54, 1.807) is 0 Å². The van der Waals surface area contributed by atoms with Gasteiger partial charge in [-0.15, -0.1) is 0 Å². The van der Waals surface area contributed by atoms with Crippen LogP contribution in [0.4, 0.5) is 0 Å². The maximum atomic E-state index is 5.59. The van der Waals surface area contributed by atoms with Gasteiger partial charge in [-0.05, 0) is 36.3 Å². The Labute approximate surface area is 85.5 Å². The van der Waals surface area contributed by atoms with Crippen molar-refractivity contribution >= 4 is 0 Å². The van der Waals surface area contributed by atoms with Crippen LogP contribution < -0.4 is 11.3 Å². The molecule has 1 atom stereocenters. The van der Waals surface area contributed by atoms with Gasteiger partial charge in [-0.1, -0.05) is 31.2 Å². The zero-order valence-corrected chi connectivity index (χ0v) is 8.66. The summed E-state index contributed by atoms with van der Waals surface area (Å²) in [6.07, 6.45) is 3.71. The van der Waals surface area contributed by atoms with Crippen molar-refractivity contribution in [2.24, 2.45) is 11.8 Å². The number of nitrogens with one attached hydrogen (secondary N) is 1. The number of benzene rings is 1. The minimum Gasteiger partial charge on any atom is -0.271 e. The highest BCUT2D eigenvalue weighted by Crippen LogP contribution is 2.40. The van der Waals surface area contributed by atoms with Gasteiger partial charge < -0.3 is 0 Å². The van der Waals surface area contributed by atoms with E-state index in [0.717, 1.165) is 12.3 Å². The smallest absolute Gasteiger partial charge is 0.0488 e. The summed E-state index contributed by atoms with van der Waals surface area (Å²) < 4.78 is 0. The van der Waals surface area contributed by atoms with Gasteiger partial charge in [0, 0.05) is 6.04 Å². The van der Waals surface area contributed by atoms with Crippen molar-refractivity contribution in [2.45, 2.75) is 32.2 Å². The van der Waals surface area contributed by atoms with E-state index in [1.165, 1.54) is 24.0 Å². The molecule has 1 aromatic rings. The van der Waals surface area contributed by atoms with Gasteiger partial charge in [0.15, 0.2) is 0 Å². The van der Waals surface area contributed by atoms with E-state index in [-0.39, 0.29) is 0 Å². The third-order valence-electron chi connectivity index (χ3n) is 2.99.